The van der Waals surface area contributed by atoms with Crippen LogP contribution in [0.5, 0.6) is 0 Å². The quantitative estimate of drug-likeness (QED) is 0.145. The standard InChI is InChI=1S/C21H38O6/c1-3-4-5-6-7-8-9-10-11-12-13-14-15-16-17-21(19(23)24,27-18-22)20(25)26-2/h18H,3-17H2,1-2H3,(H,23,24). The van der Waals surface area contributed by atoms with Crippen molar-refractivity contribution in [2.75, 3.05) is 7.11 Å². The van der Waals surface area contributed by atoms with Crippen molar-refractivity contribution in [1.29, 1.82) is 0 Å². The van der Waals surface area contributed by atoms with Crippen molar-refractivity contribution >= 4 is 18.4 Å². The normalized spacial score (nSPS) is 13.0. The molecule has 1 unspecified atom stereocenters. The third-order valence-corrected chi connectivity index (χ3v) is 4.99. The second-order valence-electron chi connectivity index (χ2n) is 7.18. The SMILES string of the molecule is CCCCCCCCCCCCCCCCC(OC=O)(C(=O)O)C(=O)OC. The zero-order chi connectivity index (χ0) is 20.4. The minimum atomic E-state index is -2.21. The van der Waals surface area contributed by atoms with Gasteiger partial charge in [0.2, 0.25) is 0 Å². The molecule has 158 valence electrons. The molecule has 0 radical (unpaired) electrons. The second kappa shape index (κ2) is 16.6. The number of hydrogen-bond acceptors (Lipinski definition) is 5. The third-order valence-electron chi connectivity index (χ3n) is 4.99. The number of hydrogen-bond donors (Lipinski definition) is 1. The molecule has 27 heavy (non-hydrogen) atoms. The smallest absolute Gasteiger partial charge is 0.362 e. The molecule has 0 bridgehead atoms. The van der Waals surface area contributed by atoms with Gasteiger partial charge in [-0.2, -0.15) is 0 Å². The number of carbonyl (C=O) groups excluding carboxylic acids is 2. The Balaban J connectivity index is 3.75. The van der Waals surface area contributed by atoms with Gasteiger partial charge in [0.1, 0.15) is 0 Å². The van der Waals surface area contributed by atoms with E-state index in [-0.39, 0.29) is 12.9 Å². The maximum atomic E-state index is 11.7. The van der Waals surface area contributed by atoms with Crippen LogP contribution in [-0.2, 0) is 23.9 Å². The molecule has 1 atom stereocenters. The fourth-order valence-electron chi connectivity index (χ4n) is 3.27. The summed E-state index contributed by atoms with van der Waals surface area (Å²) in [5.74, 6) is -2.53. The summed E-state index contributed by atoms with van der Waals surface area (Å²) in [6.07, 6.45) is 16.4. The van der Waals surface area contributed by atoms with Crippen LogP contribution in [0, 0.1) is 0 Å². The van der Waals surface area contributed by atoms with Crippen LogP contribution >= 0.6 is 0 Å². The highest BCUT2D eigenvalue weighted by Gasteiger charge is 2.49. The van der Waals surface area contributed by atoms with Gasteiger partial charge in [-0.25, -0.2) is 9.59 Å². The lowest BCUT2D eigenvalue weighted by Crippen LogP contribution is -2.49. The van der Waals surface area contributed by atoms with E-state index in [0.717, 1.165) is 26.4 Å². The first-order valence-electron chi connectivity index (χ1n) is 10.5. The van der Waals surface area contributed by atoms with Crippen LogP contribution in [0.15, 0.2) is 0 Å². The molecule has 0 aliphatic heterocycles. The number of rotatable bonds is 19. The molecule has 0 aliphatic carbocycles. The van der Waals surface area contributed by atoms with Crippen molar-refractivity contribution in [3.8, 4) is 0 Å². The van der Waals surface area contributed by atoms with Crippen LogP contribution in [-0.4, -0.2) is 36.2 Å². The number of carbonyl (C=O) groups is 3. The summed E-state index contributed by atoms with van der Waals surface area (Å²) >= 11 is 0. The van der Waals surface area contributed by atoms with Crippen molar-refractivity contribution in [1.82, 2.24) is 0 Å². The maximum absolute atomic E-state index is 11.7. The molecular formula is C21H38O6. The Hall–Kier alpha value is -1.59. The lowest BCUT2D eigenvalue weighted by atomic mass is 9.95. The van der Waals surface area contributed by atoms with E-state index in [1.165, 1.54) is 64.2 Å². The minimum absolute atomic E-state index is 0.00511. The molecule has 0 aromatic rings. The predicted octanol–water partition coefficient (Wildman–Crippen LogP) is 5.03. The number of carboxylic acids is 1. The van der Waals surface area contributed by atoms with E-state index in [2.05, 4.69) is 16.4 Å². The predicted molar refractivity (Wildman–Crippen MR) is 104 cm³/mol. The van der Waals surface area contributed by atoms with Crippen LogP contribution in [0.4, 0.5) is 0 Å². The summed E-state index contributed by atoms with van der Waals surface area (Å²) in [7, 11) is 1.08. The average molecular weight is 387 g/mol. The molecule has 0 rings (SSSR count). The average Bonchev–Trinajstić information content (AvgIpc) is 2.66. The van der Waals surface area contributed by atoms with E-state index in [4.69, 9.17) is 0 Å². The molecule has 0 aliphatic rings. The van der Waals surface area contributed by atoms with Gasteiger partial charge in [0.15, 0.2) is 0 Å². The minimum Gasteiger partial charge on any atom is -0.478 e. The molecule has 6 nitrogen and oxygen atoms in total. The molecule has 6 heteroatoms. The number of unbranched alkanes of at least 4 members (excludes halogenated alkanes) is 13. The molecule has 0 heterocycles. The van der Waals surface area contributed by atoms with Gasteiger partial charge >= 0.3 is 17.5 Å². The van der Waals surface area contributed by atoms with Gasteiger partial charge in [0.05, 0.1) is 7.11 Å². The molecule has 0 spiro atoms. The first kappa shape index (κ1) is 25.4. The van der Waals surface area contributed by atoms with Gasteiger partial charge in [-0.3, -0.25) is 4.79 Å². The van der Waals surface area contributed by atoms with Gasteiger partial charge in [-0.1, -0.05) is 90.4 Å². The number of esters is 1. The summed E-state index contributed by atoms with van der Waals surface area (Å²) in [6, 6.07) is 0. The zero-order valence-corrected chi connectivity index (χ0v) is 17.2. The van der Waals surface area contributed by atoms with Crippen LogP contribution < -0.4 is 0 Å². The van der Waals surface area contributed by atoms with Gasteiger partial charge in [0, 0.05) is 6.42 Å². The first-order chi connectivity index (χ1) is 13.0. The molecule has 0 aromatic carbocycles. The topological polar surface area (TPSA) is 89.9 Å². The van der Waals surface area contributed by atoms with E-state index in [9.17, 15) is 19.5 Å². The zero-order valence-electron chi connectivity index (χ0n) is 17.2. The van der Waals surface area contributed by atoms with Crippen LogP contribution in [0.2, 0.25) is 0 Å². The van der Waals surface area contributed by atoms with Crippen molar-refractivity contribution in [2.45, 2.75) is 109 Å². The molecule has 0 aromatic heterocycles. The van der Waals surface area contributed by atoms with Gasteiger partial charge in [-0.05, 0) is 6.42 Å². The number of ether oxygens (including phenoxy) is 2. The number of methoxy groups -OCH3 is 1. The largest absolute Gasteiger partial charge is 0.478 e. The Morgan fingerprint density at radius 1 is 0.815 bits per heavy atom. The van der Waals surface area contributed by atoms with E-state index in [0.29, 0.717) is 6.42 Å². The molecule has 0 amide bonds. The van der Waals surface area contributed by atoms with Crippen LogP contribution in [0.3, 0.4) is 0 Å². The first-order valence-corrected chi connectivity index (χ1v) is 10.5. The summed E-state index contributed by atoms with van der Waals surface area (Å²) in [5, 5.41) is 9.28. The number of aliphatic carboxylic acids is 1. The van der Waals surface area contributed by atoms with E-state index in [1.54, 1.807) is 0 Å². The molecule has 0 saturated carbocycles. The van der Waals surface area contributed by atoms with E-state index in [1.807, 2.05) is 0 Å². The Labute approximate surface area is 164 Å². The van der Waals surface area contributed by atoms with Gasteiger partial charge in [0.25, 0.3) is 6.47 Å². The highest BCUT2D eigenvalue weighted by atomic mass is 16.6. The monoisotopic (exact) mass is 386 g/mol. The highest BCUT2D eigenvalue weighted by molar-refractivity contribution is 6.03. The van der Waals surface area contributed by atoms with Crippen molar-refractivity contribution < 1.29 is 29.0 Å². The Bertz CT molecular complexity index is 409. The molecule has 0 fully saturated rings. The Kier molecular flexibility index (Phi) is 15.6. The van der Waals surface area contributed by atoms with E-state index >= 15 is 0 Å². The highest BCUT2D eigenvalue weighted by Crippen LogP contribution is 2.22. The Morgan fingerprint density at radius 2 is 1.22 bits per heavy atom. The van der Waals surface area contributed by atoms with E-state index < -0.39 is 17.5 Å². The summed E-state index contributed by atoms with van der Waals surface area (Å²) in [5.41, 5.74) is -2.21. The van der Waals surface area contributed by atoms with Gasteiger partial charge in [-0.15, -0.1) is 0 Å². The maximum Gasteiger partial charge on any atom is 0.362 e. The van der Waals surface area contributed by atoms with Crippen molar-refractivity contribution in [3.05, 3.63) is 0 Å². The molecule has 1 N–H and O–H groups in total. The second-order valence-corrected chi connectivity index (χ2v) is 7.18. The third kappa shape index (κ3) is 11.0. The van der Waals surface area contributed by atoms with Crippen LogP contribution in [0.25, 0.3) is 0 Å². The van der Waals surface area contributed by atoms with Gasteiger partial charge < -0.3 is 14.6 Å². The summed E-state index contributed by atoms with van der Waals surface area (Å²) in [4.78, 5) is 33.7. The van der Waals surface area contributed by atoms with Crippen molar-refractivity contribution in [3.63, 3.8) is 0 Å². The fourth-order valence-corrected chi connectivity index (χ4v) is 3.27. The molecule has 0 saturated heterocycles. The summed E-state index contributed by atoms with van der Waals surface area (Å²) in [6.45, 7) is 2.23. The fraction of sp³-hybridized carbons (Fsp3) is 0.857. The lowest BCUT2D eigenvalue weighted by Gasteiger charge is -2.24. The summed E-state index contributed by atoms with van der Waals surface area (Å²) < 4.78 is 9.10. The molecular weight excluding hydrogens is 348 g/mol. The Morgan fingerprint density at radius 3 is 1.56 bits per heavy atom. The number of carboxylic acid groups (broad SMARTS) is 1. The lowest BCUT2D eigenvalue weighted by molar-refractivity contribution is -0.187. The van der Waals surface area contributed by atoms with Crippen molar-refractivity contribution in [2.24, 2.45) is 0 Å². The van der Waals surface area contributed by atoms with Crippen LogP contribution in [0.1, 0.15) is 103 Å².